The van der Waals surface area contributed by atoms with Crippen molar-refractivity contribution in [3.05, 3.63) is 105 Å². The molecule has 0 saturated carbocycles. The van der Waals surface area contributed by atoms with Crippen LogP contribution in [-0.2, 0) is 0 Å². The van der Waals surface area contributed by atoms with Crippen LogP contribution in [0.15, 0.2) is 87.3 Å². The molecule has 6 nitrogen and oxygen atoms in total. The second kappa shape index (κ2) is 8.44. The lowest BCUT2D eigenvalue weighted by atomic mass is 10.1. The zero-order chi connectivity index (χ0) is 22.9. The van der Waals surface area contributed by atoms with Gasteiger partial charge >= 0.3 is 0 Å². The van der Waals surface area contributed by atoms with Gasteiger partial charge in [0.2, 0.25) is 10.6 Å². The molecule has 0 unspecified atom stereocenters. The number of hydrogen-bond acceptors (Lipinski definition) is 6. The monoisotopic (exact) mass is 453 g/mol. The van der Waals surface area contributed by atoms with Gasteiger partial charge in [0, 0.05) is 5.56 Å². The summed E-state index contributed by atoms with van der Waals surface area (Å²) in [5.41, 5.74) is 3.92. The molecule has 5 rings (SSSR count). The van der Waals surface area contributed by atoms with Gasteiger partial charge in [-0.3, -0.25) is 9.59 Å². The molecule has 5 aromatic rings. The van der Waals surface area contributed by atoms with E-state index in [9.17, 15) is 9.59 Å². The standard InChI is InChI=1S/C26H19N3O3S/c1-16-7-10-18(11-8-16)25(31)29(26-28-21-12-9-17(2)13-23(21)33-26)27-14-19-15-32-22-6-4-3-5-20(22)24(19)30/h3-15H,1-2H3/b27-14+. The topological polar surface area (TPSA) is 75.8 Å². The summed E-state index contributed by atoms with van der Waals surface area (Å²) in [5.74, 6) is -0.341. The molecule has 0 bridgehead atoms. The molecule has 0 atom stereocenters. The van der Waals surface area contributed by atoms with E-state index in [1.165, 1.54) is 28.8 Å². The van der Waals surface area contributed by atoms with Gasteiger partial charge in [-0.25, -0.2) is 4.98 Å². The summed E-state index contributed by atoms with van der Waals surface area (Å²) in [7, 11) is 0. The summed E-state index contributed by atoms with van der Waals surface area (Å²) >= 11 is 1.37. The number of nitrogens with zero attached hydrogens (tertiary/aromatic N) is 3. The molecule has 0 fully saturated rings. The molecule has 33 heavy (non-hydrogen) atoms. The zero-order valence-electron chi connectivity index (χ0n) is 18.0. The zero-order valence-corrected chi connectivity index (χ0v) is 18.8. The average molecular weight is 454 g/mol. The van der Waals surface area contributed by atoms with Gasteiger partial charge in [-0.1, -0.05) is 47.2 Å². The molecule has 0 aliphatic heterocycles. The summed E-state index contributed by atoms with van der Waals surface area (Å²) in [6, 6.07) is 20.2. The minimum atomic E-state index is -0.341. The maximum atomic E-state index is 13.4. The molecule has 0 spiro atoms. The number of benzene rings is 3. The first-order chi connectivity index (χ1) is 16.0. The molecule has 0 N–H and O–H groups in total. The van der Waals surface area contributed by atoms with E-state index >= 15 is 0 Å². The molecule has 2 aromatic heterocycles. The Balaban J connectivity index is 1.60. The smallest absolute Gasteiger partial charge is 0.280 e. The third-order valence-corrected chi connectivity index (χ3v) is 6.22. The molecule has 7 heteroatoms. The minimum Gasteiger partial charge on any atom is -0.463 e. The van der Waals surface area contributed by atoms with E-state index in [1.807, 2.05) is 44.2 Å². The van der Waals surface area contributed by atoms with Gasteiger partial charge in [-0.2, -0.15) is 10.1 Å². The van der Waals surface area contributed by atoms with Crippen LogP contribution in [0.25, 0.3) is 21.2 Å². The highest BCUT2D eigenvalue weighted by atomic mass is 32.1. The van der Waals surface area contributed by atoms with Gasteiger partial charge in [-0.05, 0) is 55.8 Å². The first-order valence-corrected chi connectivity index (χ1v) is 11.1. The number of para-hydroxylation sites is 1. The van der Waals surface area contributed by atoms with Crippen LogP contribution in [0.5, 0.6) is 0 Å². The predicted octanol–water partition coefficient (Wildman–Crippen LogP) is 5.70. The Morgan fingerprint density at radius 1 is 1.03 bits per heavy atom. The van der Waals surface area contributed by atoms with E-state index in [1.54, 1.807) is 36.4 Å². The highest BCUT2D eigenvalue weighted by molar-refractivity contribution is 7.22. The number of anilines is 1. The van der Waals surface area contributed by atoms with Crippen LogP contribution in [0, 0.1) is 13.8 Å². The van der Waals surface area contributed by atoms with E-state index in [0.717, 1.165) is 21.3 Å². The fourth-order valence-corrected chi connectivity index (χ4v) is 4.44. The summed E-state index contributed by atoms with van der Waals surface area (Å²) in [6.45, 7) is 3.96. The van der Waals surface area contributed by atoms with Crippen LogP contribution in [0.2, 0.25) is 0 Å². The van der Waals surface area contributed by atoms with Crippen molar-refractivity contribution in [1.82, 2.24) is 4.98 Å². The molecule has 2 heterocycles. The maximum absolute atomic E-state index is 13.4. The number of carbonyl (C=O) groups excluding carboxylic acids is 1. The normalized spacial score (nSPS) is 11.5. The van der Waals surface area contributed by atoms with Gasteiger partial charge in [0.1, 0.15) is 11.8 Å². The minimum absolute atomic E-state index is 0.219. The molecule has 0 aliphatic carbocycles. The maximum Gasteiger partial charge on any atom is 0.280 e. The predicted molar refractivity (Wildman–Crippen MR) is 132 cm³/mol. The van der Waals surface area contributed by atoms with Crippen molar-refractivity contribution < 1.29 is 9.21 Å². The quantitative estimate of drug-likeness (QED) is 0.258. The number of aryl methyl sites for hydroxylation is 2. The molecule has 0 aliphatic rings. The lowest BCUT2D eigenvalue weighted by Crippen LogP contribution is -2.26. The molecule has 0 saturated heterocycles. The van der Waals surface area contributed by atoms with Gasteiger partial charge in [0.05, 0.1) is 27.4 Å². The van der Waals surface area contributed by atoms with Crippen LogP contribution < -0.4 is 10.4 Å². The van der Waals surface area contributed by atoms with E-state index in [2.05, 4.69) is 10.1 Å². The van der Waals surface area contributed by atoms with Crippen LogP contribution >= 0.6 is 11.3 Å². The number of rotatable bonds is 4. The van der Waals surface area contributed by atoms with E-state index in [0.29, 0.717) is 21.7 Å². The third kappa shape index (κ3) is 4.06. The van der Waals surface area contributed by atoms with Crippen molar-refractivity contribution in [3.8, 4) is 0 Å². The number of aromatic nitrogens is 1. The number of fused-ring (bicyclic) bond motifs is 2. The number of hydrazone groups is 1. The second-order valence-electron chi connectivity index (χ2n) is 7.71. The van der Waals surface area contributed by atoms with Crippen LogP contribution in [0.1, 0.15) is 27.0 Å². The van der Waals surface area contributed by atoms with E-state index in [4.69, 9.17) is 4.42 Å². The Bertz CT molecular complexity index is 1580. The molecule has 0 radical (unpaired) electrons. The Kier molecular flexibility index (Phi) is 5.32. The van der Waals surface area contributed by atoms with E-state index < -0.39 is 0 Å². The van der Waals surface area contributed by atoms with Crippen molar-refractivity contribution in [1.29, 1.82) is 0 Å². The average Bonchev–Trinajstić information content (AvgIpc) is 3.24. The third-order valence-electron chi connectivity index (χ3n) is 5.22. The number of amides is 1. The molecule has 3 aromatic carbocycles. The molecular formula is C26H19N3O3S. The Morgan fingerprint density at radius 2 is 1.79 bits per heavy atom. The largest absolute Gasteiger partial charge is 0.463 e. The second-order valence-corrected chi connectivity index (χ2v) is 8.72. The Morgan fingerprint density at radius 3 is 2.61 bits per heavy atom. The van der Waals surface area contributed by atoms with Crippen molar-refractivity contribution in [2.24, 2.45) is 5.10 Å². The van der Waals surface area contributed by atoms with Crippen LogP contribution in [-0.4, -0.2) is 17.1 Å². The van der Waals surface area contributed by atoms with Crippen molar-refractivity contribution in [2.75, 3.05) is 5.01 Å². The fourth-order valence-electron chi connectivity index (χ4n) is 3.42. The highest BCUT2D eigenvalue weighted by Gasteiger charge is 2.21. The first-order valence-electron chi connectivity index (χ1n) is 10.3. The number of thiazole rings is 1. The van der Waals surface area contributed by atoms with E-state index in [-0.39, 0.29) is 16.9 Å². The molecule has 162 valence electrons. The summed E-state index contributed by atoms with van der Waals surface area (Å²) in [5, 5.41) is 6.50. The van der Waals surface area contributed by atoms with Crippen molar-refractivity contribution in [3.63, 3.8) is 0 Å². The van der Waals surface area contributed by atoms with Gasteiger partial charge in [0.25, 0.3) is 5.91 Å². The Hall–Kier alpha value is -4.10. The van der Waals surface area contributed by atoms with Crippen molar-refractivity contribution in [2.45, 2.75) is 13.8 Å². The molecular weight excluding hydrogens is 434 g/mol. The lowest BCUT2D eigenvalue weighted by molar-refractivity contribution is 0.0988. The highest BCUT2D eigenvalue weighted by Crippen LogP contribution is 2.30. The van der Waals surface area contributed by atoms with Gasteiger partial charge in [-0.15, -0.1) is 0 Å². The van der Waals surface area contributed by atoms with Crippen LogP contribution in [0.4, 0.5) is 5.13 Å². The van der Waals surface area contributed by atoms with Crippen LogP contribution in [0.3, 0.4) is 0 Å². The summed E-state index contributed by atoms with van der Waals surface area (Å²) in [4.78, 5) is 30.9. The van der Waals surface area contributed by atoms with Gasteiger partial charge < -0.3 is 4.42 Å². The number of carbonyl (C=O) groups is 1. The lowest BCUT2D eigenvalue weighted by Gasteiger charge is -2.14. The summed E-state index contributed by atoms with van der Waals surface area (Å²) in [6.07, 6.45) is 2.70. The van der Waals surface area contributed by atoms with Gasteiger partial charge in [0.15, 0.2) is 0 Å². The number of hydrogen-bond donors (Lipinski definition) is 0. The summed E-state index contributed by atoms with van der Waals surface area (Å²) < 4.78 is 6.52. The fraction of sp³-hybridized carbons (Fsp3) is 0.0769. The Labute approximate surface area is 193 Å². The first kappa shape index (κ1) is 20.8. The van der Waals surface area contributed by atoms with Crippen molar-refractivity contribution >= 4 is 49.8 Å². The molecule has 1 amide bonds. The SMILES string of the molecule is Cc1ccc(C(=O)N(/N=C/c2coc3ccccc3c2=O)c2nc3ccc(C)cc3s2)cc1.